The highest BCUT2D eigenvalue weighted by atomic mass is 16.5. The van der Waals surface area contributed by atoms with Crippen molar-refractivity contribution in [3.8, 4) is 11.5 Å². The number of amides is 3. The minimum atomic E-state index is -0.767. The van der Waals surface area contributed by atoms with Crippen LogP contribution in [0.2, 0.25) is 0 Å². The molecule has 0 radical (unpaired) electrons. The monoisotopic (exact) mass is 360 g/mol. The fraction of sp³-hybridized carbons (Fsp3) is 0.600. The molecule has 0 spiro atoms. The van der Waals surface area contributed by atoms with Crippen molar-refractivity contribution in [2.75, 3.05) is 19.8 Å². The molecule has 0 bridgehead atoms. The summed E-state index contributed by atoms with van der Waals surface area (Å²) in [4.78, 5) is 26.5. The Labute approximate surface area is 154 Å². The molecule has 2 fully saturated rings. The summed E-state index contributed by atoms with van der Waals surface area (Å²) in [6.07, 6.45) is 5.47. The Kier molecular flexibility index (Phi) is 5.69. The SMILES string of the molecule is CCOc1ccc(OCCN2C(=O)N[C@@](C)(C3CCCCC3)C2=O)cc1. The van der Waals surface area contributed by atoms with Crippen LogP contribution in [-0.4, -0.2) is 42.1 Å². The highest BCUT2D eigenvalue weighted by Crippen LogP contribution is 2.36. The van der Waals surface area contributed by atoms with Crippen LogP contribution < -0.4 is 14.8 Å². The zero-order chi connectivity index (χ0) is 18.6. The van der Waals surface area contributed by atoms with Crippen LogP contribution >= 0.6 is 0 Å². The number of urea groups is 1. The molecule has 1 aliphatic heterocycles. The highest BCUT2D eigenvalue weighted by Gasteiger charge is 2.52. The first-order valence-electron chi connectivity index (χ1n) is 9.54. The van der Waals surface area contributed by atoms with Gasteiger partial charge in [-0.05, 0) is 56.9 Å². The van der Waals surface area contributed by atoms with Gasteiger partial charge in [-0.1, -0.05) is 19.3 Å². The van der Waals surface area contributed by atoms with Crippen molar-refractivity contribution in [1.29, 1.82) is 0 Å². The second-order valence-electron chi connectivity index (χ2n) is 7.18. The Bertz CT molecular complexity index is 640. The third-order valence-electron chi connectivity index (χ3n) is 5.44. The number of nitrogens with zero attached hydrogens (tertiary/aromatic N) is 1. The second-order valence-corrected chi connectivity index (χ2v) is 7.18. The maximum atomic E-state index is 12.9. The van der Waals surface area contributed by atoms with Crippen molar-refractivity contribution in [3.05, 3.63) is 24.3 Å². The van der Waals surface area contributed by atoms with Crippen LogP contribution in [0.5, 0.6) is 11.5 Å². The third kappa shape index (κ3) is 3.79. The summed E-state index contributed by atoms with van der Waals surface area (Å²) in [5.74, 6) is 1.59. The average molecular weight is 360 g/mol. The van der Waals surface area contributed by atoms with Crippen molar-refractivity contribution in [1.82, 2.24) is 10.2 Å². The molecule has 1 aromatic carbocycles. The first-order valence-corrected chi connectivity index (χ1v) is 9.54. The molecular formula is C20H28N2O4. The zero-order valence-electron chi connectivity index (χ0n) is 15.6. The molecule has 0 aromatic heterocycles. The minimum Gasteiger partial charge on any atom is -0.494 e. The number of carbonyl (C=O) groups excluding carboxylic acids is 2. The lowest BCUT2D eigenvalue weighted by molar-refractivity contribution is -0.133. The van der Waals surface area contributed by atoms with Gasteiger partial charge in [0.25, 0.3) is 5.91 Å². The van der Waals surface area contributed by atoms with Crippen molar-refractivity contribution < 1.29 is 19.1 Å². The quantitative estimate of drug-likeness (QED) is 0.757. The van der Waals surface area contributed by atoms with Crippen LogP contribution in [0.3, 0.4) is 0 Å². The zero-order valence-corrected chi connectivity index (χ0v) is 15.6. The lowest BCUT2D eigenvalue weighted by atomic mass is 9.75. The fourth-order valence-electron chi connectivity index (χ4n) is 3.93. The maximum absolute atomic E-state index is 12.9. The molecular weight excluding hydrogens is 332 g/mol. The topological polar surface area (TPSA) is 67.9 Å². The molecule has 3 rings (SSSR count). The lowest BCUT2D eigenvalue weighted by Crippen LogP contribution is -2.51. The van der Waals surface area contributed by atoms with Gasteiger partial charge in [-0.3, -0.25) is 9.69 Å². The largest absolute Gasteiger partial charge is 0.494 e. The van der Waals surface area contributed by atoms with Gasteiger partial charge in [-0.2, -0.15) is 0 Å². The van der Waals surface area contributed by atoms with Crippen LogP contribution in [0.4, 0.5) is 4.79 Å². The first kappa shape index (κ1) is 18.5. The van der Waals surface area contributed by atoms with Gasteiger partial charge in [0.2, 0.25) is 0 Å². The molecule has 6 nitrogen and oxygen atoms in total. The fourth-order valence-corrected chi connectivity index (χ4v) is 3.93. The van der Waals surface area contributed by atoms with E-state index in [0.29, 0.717) is 12.4 Å². The third-order valence-corrected chi connectivity index (χ3v) is 5.44. The molecule has 1 atom stereocenters. The second kappa shape index (κ2) is 7.98. The van der Waals surface area contributed by atoms with E-state index in [1.807, 2.05) is 38.1 Å². The molecule has 0 unspecified atom stereocenters. The molecule has 1 heterocycles. The van der Waals surface area contributed by atoms with Crippen LogP contribution in [-0.2, 0) is 4.79 Å². The van der Waals surface area contributed by atoms with Gasteiger partial charge < -0.3 is 14.8 Å². The normalized spacial score (nSPS) is 23.8. The number of imide groups is 1. The van der Waals surface area contributed by atoms with Gasteiger partial charge in [0.1, 0.15) is 23.6 Å². The van der Waals surface area contributed by atoms with Gasteiger partial charge in [0.15, 0.2) is 0 Å². The van der Waals surface area contributed by atoms with E-state index in [9.17, 15) is 9.59 Å². The predicted octanol–water partition coefficient (Wildman–Crippen LogP) is 3.35. The van der Waals surface area contributed by atoms with E-state index in [2.05, 4.69) is 5.32 Å². The summed E-state index contributed by atoms with van der Waals surface area (Å²) in [6, 6.07) is 7.02. The summed E-state index contributed by atoms with van der Waals surface area (Å²) in [5.41, 5.74) is -0.767. The van der Waals surface area contributed by atoms with Crippen LogP contribution in [0, 0.1) is 5.92 Å². The molecule has 1 saturated heterocycles. The molecule has 1 aliphatic carbocycles. The number of ether oxygens (including phenoxy) is 2. The van der Waals surface area contributed by atoms with Gasteiger partial charge in [-0.15, -0.1) is 0 Å². The van der Waals surface area contributed by atoms with Gasteiger partial charge >= 0.3 is 6.03 Å². The Morgan fingerprint density at radius 3 is 2.31 bits per heavy atom. The molecule has 3 amide bonds. The summed E-state index contributed by atoms with van der Waals surface area (Å²) >= 11 is 0. The van der Waals surface area contributed by atoms with Crippen LogP contribution in [0.15, 0.2) is 24.3 Å². The number of rotatable bonds is 7. The van der Waals surface area contributed by atoms with Crippen molar-refractivity contribution in [3.63, 3.8) is 0 Å². The number of carbonyl (C=O) groups is 2. The Balaban J connectivity index is 1.54. The van der Waals surface area contributed by atoms with Crippen LogP contribution in [0.25, 0.3) is 0 Å². The summed E-state index contributed by atoms with van der Waals surface area (Å²) in [7, 11) is 0. The maximum Gasteiger partial charge on any atom is 0.325 e. The van der Waals surface area contributed by atoms with E-state index in [1.165, 1.54) is 11.3 Å². The predicted molar refractivity (Wildman–Crippen MR) is 98.3 cm³/mol. The van der Waals surface area contributed by atoms with Gasteiger partial charge in [0.05, 0.1) is 13.2 Å². The molecule has 142 valence electrons. The van der Waals surface area contributed by atoms with Crippen molar-refractivity contribution >= 4 is 11.9 Å². The average Bonchev–Trinajstić information content (AvgIpc) is 2.88. The number of hydrogen-bond donors (Lipinski definition) is 1. The van der Waals surface area contributed by atoms with E-state index in [1.54, 1.807) is 0 Å². The van der Waals surface area contributed by atoms with E-state index in [-0.39, 0.29) is 31.0 Å². The first-order chi connectivity index (χ1) is 12.5. The Morgan fingerprint density at radius 1 is 1.08 bits per heavy atom. The minimum absolute atomic E-state index is 0.121. The smallest absolute Gasteiger partial charge is 0.325 e. The van der Waals surface area contributed by atoms with E-state index in [4.69, 9.17) is 9.47 Å². The lowest BCUT2D eigenvalue weighted by Gasteiger charge is -2.34. The summed E-state index contributed by atoms with van der Waals surface area (Å²) in [5, 5.41) is 2.94. The standard InChI is InChI=1S/C20H28N2O4/c1-3-25-16-9-11-17(12-10-16)26-14-13-22-18(23)20(2,21-19(22)24)15-7-5-4-6-8-15/h9-12,15H,3-8,13-14H2,1-2H3,(H,21,24)/t20-/m0/s1. The van der Waals surface area contributed by atoms with Crippen molar-refractivity contribution in [2.45, 2.75) is 51.5 Å². The number of benzene rings is 1. The molecule has 1 saturated carbocycles. The van der Waals surface area contributed by atoms with Crippen LogP contribution in [0.1, 0.15) is 46.0 Å². The van der Waals surface area contributed by atoms with E-state index < -0.39 is 5.54 Å². The Hall–Kier alpha value is -2.24. The van der Waals surface area contributed by atoms with Gasteiger partial charge in [-0.25, -0.2) is 4.79 Å². The van der Waals surface area contributed by atoms with E-state index in [0.717, 1.165) is 31.4 Å². The number of nitrogens with one attached hydrogen (secondary N) is 1. The molecule has 1 N–H and O–H groups in total. The van der Waals surface area contributed by atoms with E-state index >= 15 is 0 Å². The Morgan fingerprint density at radius 2 is 1.69 bits per heavy atom. The molecule has 6 heteroatoms. The molecule has 1 aromatic rings. The highest BCUT2D eigenvalue weighted by molar-refractivity contribution is 6.07. The number of hydrogen-bond acceptors (Lipinski definition) is 4. The molecule has 2 aliphatic rings. The molecule has 26 heavy (non-hydrogen) atoms. The van der Waals surface area contributed by atoms with Gasteiger partial charge in [0, 0.05) is 0 Å². The summed E-state index contributed by atoms with van der Waals surface area (Å²) < 4.78 is 11.1. The van der Waals surface area contributed by atoms with Crippen molar-refractivity contribution in [2.24, 2.45) is 5.92 Å². The summed E-state index contributed by atoms with van der Waals surface area (Å²) in [6.45, 7) is 4.94.